The summed E-state index contributed by atoms with van der Waals surface area (Å²) in [6.45, 7) is 4.16. The van der Waals surface area contributed by atoms with Crippen LogP contribution in [0.3, 0.4) is 0 Å². The Morgan fingerprint density at radius 1 is 0.970 bits per heavy atom. The predicted octanol–water partition coefficient (Wildman–Crippen LogP) is 6.99. The van der Waals surface area contributed by atoms with Crippen LogP contribution in [0.5, 0.6) is 5.75 Å². The summed E-state index contributed by atoms with van der Waals surface area (Å²) in [6, 6.07) is 26.1. The zero-order valence-electron chi connectivity index (χ0n) is 19.2. The quantitative estimate of drug-likeness (QED) is 0.287. The van der Waals surface area contributed by atoms with Gasteiger partial charge in [-0.25, -0.2) is 4.98 Å². The maximum Gasteiger partial charge on any atom is 0.233 e. The molecule has 3 aromatic carbocycles. The van der Waals surface area contributed by atoms with Crippen LogP contribution in [0.1, 0.15) is 29.3 Å². The molecule has 1 heterocycles. The molecule has 0 bridgehead atoms. The van der Waals surface area contributed by atoms with E-state index in [-0.39, 0.29) is 5.91 Å². The van der Waals surface area contributed by atoms with Gasteiger partial charge < -0.3 is 4.74 Å². The molecule has 168 valence electrons. The molecule has 0 atom stereocenters. The third-order valence-electron chi connectivity index (χ3n) is 5.64. The number of rotatable bonds is 8. The van der Waals surface area contributed by atoms with E-state index in [0.717, 1.165) is 45.1 Å². The van der Waals surface area contributed by atoms with Crippen LogP contribution < -0.4 is 9.64 Å². The van der Waals surface area contributed by atoms with Crippen LogP contribution in [0.15, 0.2) is 78.9 Å². The maximum absolute atomic E-state index is 13.6. The monoisotopic (exact) mass is 456 g/mol. The number of nitrogens with zero attached hydrogens (tertiary/aromatic N) is 2. The highest BCUT2D eigenvalue weighted by molar-refractivity contribution is 7.16. The number of hydrogen-bond acceptors (Lipinski definition) is 4. The molecule has 0 aliphatic heterocycles. The molecule has 0 unspecified atom stereocenters. The van der Waals surface area contributed by atoms with Gasteiger partial charge in [0, 0.05) is 16.9 Å². The second kappa shape index (κ2) is 10.5. The minimum absolute atomic E-state index is 0.0471. The molecule has 1 aromatic heterocycles. The lowest BCUT2D eigenvalue weighted by molar-refractivity contribution is -0.117. The van der Waals surface area contributed by atoms with Gasteiger partial charge in [0.1, 0.15) is 5.75 Å². The number of carbonyl (C=O) groups excluding carboxylic acids is 1. The average Bonchev–Trinajstić information content (AvgIpc) is 3.28. The topological polar surface area (TPSA) is 42.4 Å². The van der Waals surface area contributed by atoms with Crippen LogP contribution in [-0.2, 0) is 17.6 Å². The molecule has 0 aliphatic carbocycles. The zero-order valence-corrected chi connectivity index (χ0v) is 20.1. The fourth-order valence-corrected chi connectivity index (χ4v) is 4.87. The molecule has 0 saturated heterocycles. The van der Waals surface area contributed by atoms with Crippen molar-refractivity contribution in [1.29, 1.82) is 0 Å². The summed E-state index contributed by atoms with van der Waals surface area (Å²) < 4.78 is 5.30. The number of amides is 1. The van der Waals surface area contributed by atoms with Gasteiger partial charge in [0.25, 0.3) is 0 Å². The lowest BCUT2D eigenvalue weighted by Crippen LogP contribution is -2.26. The Kier molecular flexibility index (Phi) is 7.20. The van der Waals surface area contributed by atoms with Gasteiger partial charge in [0.2, 0.25) is 5.91 Å². The number of carbonyl (C=O) groups is 1. The van der Waals surface area contributed by atoms with E-state index in [4.69, 9.17) is 9.72 Å². The molecule has 4 rings (SSSR count). The highest BCUT2D eigenvalue weighted by Crippen LogP contribution is 2.38. The minimum atomic E-state index is 0.0471. The summed E-state index contributed by atoms with van der Waals surface area (Å²) in [6.07, 6.45) is 1.95. The van der Waals surface area contributed by atoms with Crippen LogP contribution >= 0.6 is 11.3 Å². The average molecular weight is 457 g/mol. The van der Waals surface area contributed by atoms with E-state index in [1.54, 1.807) is 23.3 Å². The van der Waals surface area contributed by atoms with E-state index in [2.05, 4.69) is 19.1 Å². The number of aromatic nitrogens is 1. The first-order valence-corrected chi connectivity index (χ1v) is 12.0. The van der Waals surface area contributed by atoms with Crippen LogP contribution in [0.4, 0.5) is 10.8 Å². The van der Waals surface area contributed by atoms with Crippen molar-refractivity contribution in [3.8, 4) is 17.0 Å². The molecule has 0 saturated carbocycles. The second-order valence-corrected chi connectivity index (χ2v) is 8.91. The van der Waals surface area contributed by atoms with Crippen LogP contribution in [0, 0.1) is 6.92 Å². The Hall–Kier alpha value is -3.44. The van der Waals surface area contributed by atoms with Gasteiger partial charge in [-0.1, -0.05) is 55.5 Å². The van der Waals surface area contributed by atoms with Crippen LogP contribution in [0.2, 0.25) is 0 Å². The van der Waals surface area contributed by atoms with E-state index in [1.165, 1.54) is 0 Å². The predicted molar refractivity (Wildman–Crippen MR) is 137 cm³/mol. The van der Waals surface area contributed by atoms with E-state index < -0.39 is 0 Å². The maximum atomic E-state index is 13.6. The number of thiazole rings is 1. The highest BCUT2D eigenvalue weighted by atomic mass is 32.1. The molecule has 0 spiro atoms. The van der Waals surface area contributed by atoms with Gasteiger partial charge in [-0.3, -0.25) is 9.69 Å². The Balaban J connectivity index is 1.71. The van der Waals surface area contributed by atoms with Crippen molar-refractivity contribution in [1.82, 2.24) is 4.98 Å². The third kappa shape index (κ3) is 5.15. The molecule has 4 aromatic rings. The molecule has 0 fully saturated rings. The van der Waals surface area contributed by atoms with Crippen molar-refractivity contribution < 1.29 is 9.53 Å². The lowest BCUT2D eigenvalue weighted by Gasteiger charge is -2.22. The number of ether oxygens (including phenoxy) is 1. The fraction of sp³-hybridized carbons (Fsp3) is 0.214. The van der Waals surface area contributed by atoms with Gasteiger partial charge in [-0.15, -0.1) is 11.3 Å². The molecule has 5 heteroatoms. The number of aryl methyl sites for hydroxylation is 3. The first kappa shape index (κ1) is 22.7. The molecule has 0 radical (unpaired) electrons. The Bertz CT molecular complexity index is 1220. The molecule has 4 nitrogen and oxygen atoms in total. The van der Waals surface area contributed by atoms with Crippen LogP contribution in [-0.4, -0.2) is 18.0 Å². The molecule has 0 aliphatic rings. The van der Waals surface area contributed by atoms with E-state index in [9.17, 15) is 4.79 Å². The number of benzene rings is 3. The minimum Gasteiger partial charge on any atom is -0.497 e. The second-order valence-electron chi connectivity index (χ2n) is 7.85. The van der Waals surface area contributed by atoms with Gasteiger partial charge in [0.15, 0.2) is 5.13 Å². The van der Waals surface area contributed by atoms with Crippen molar-refractivity contribution in [3.63, 3.8) is 0 Å². The lowest BCUT2D eigenvalue weighted by atomic mass is 10.1. The summed E-state index contributed by atoms with van der Waals surface area (Å²) in [5, 5.41) is 0.713. The SMILES string of the molecule is CCc1sc(N(C(=O)CCc2ccccc2)c2ccccc2C)nc1-c1ccc(OC)cc1. The number of anilines is 2. The van der Waals surface area contributed by atoms with E-state index in [1.807, 2.05) is 73.7 Å². The largest absolute Gasteiger partial charge is 0.497 e. The molecular formula is C28H28N2O2S. The molecule has 33 heavy (non-hydrogen) atoms. The summed E-state index contributed by atoms with van der Waals surface area (Å²) in [4.78, 5) is 21.5. The fourth-order valence-electron chi connectivity index (χ4n) is 3.82. The van der Waals surface area contributed by atoms with Gasteiger partial charge >= 0.3 is 0 Å². The zero-order chi connectivity index (χ0) is 23.2. The summed E-state index contributed by atoms with van der Waals surface area (Å²) >= 11 is 1.59. The molecule has 0 N–H and O–H groups in total. The standard InChI is InChI=1S/C28H28N2O2S/c1-4-25-27(22-15-17-23(32-3)18-16-22)29-28(33-25)30(24-13-9-8-10-20(24)2)26(31)19-14-21-11-6-5-7-12-21/h5-13,15-18H,4,14,19H2,1-3H3. The highest BCUT2D eigenvalue weighted by Gasteiger charge is 2.24. The normalized spacial score (nSPS) is 10.8. The van der Waals surface area contributed by atoms with Crippen molar-refractivity contribution in [2.24, 2.45) is 0 Å². The summed E-state index contributed by atoms with van der Waals surface area (Å²) in [7, 11) is 1.66. The summed E-state index contributed by atoms with van der Waals surface area (Å²) in [5.74, 6) is 0.857. The van der Waals surface area contributed by atoms with Gasteiger partial charge in [-0.2, -0.15) is 0 Å². The Labute approximate surface area is 199 Å². The Morgan fingerprint density at radius 2 is 1.67 bits per heavy atom. The first-order valence-electron chi connectivity index (χ1n) is 11.2. The van der Waals surface area contributed by atoms with Crippen molar-refractivity contribution in [2.75, 3.05) is 12.0 Å². The number of para-hydroxylation sites is 1. The van der Waals surface area contributed by atoms with E-state index in [0.29, 0.717) is 18.0 Å². The molecule has 1 amide bonds. The smallest absolute Gasteiger partial charge is 0.233 e. The number of methoxy groups -OCH3 is 1. The Morgan fingerprint density at radius 3 is 2.33 bits per heavy atom. The number of hydrogen-bond donors (Lipinski definition) is 0. The van der Waals surface area contributed by atoms with Crippen LogP contribution in [0.25, 0.3) is 11.3 Å². The van der Waals surface area contributed by atoms with Gasteiger partial charge in [0.05, 0.1) is 18.5 Å². The first-order chi connectivity index (χ1) is 16.1. The van der Waals surface area contributed by atoms with E-state index >= 15 is 0 Å². The van der Waals surface area contributed by atoms with Crippen molar-refractivity contribution in [3.05, 3.63) is 94.9 Å². The third-order valence-corrected chi connectivity index (χ3v) is 6.82. The van der Waals surface area contributed by atoms with Gasteiger partial charge in [-0.05, 0) is 61.2 Å². The van der Waals surface area contributed by atoms with Crippen molar-refractivity contribution in [2.45, 2.75) is 33.1 Å². The van der Waals surface area contributed by atoms with Crippen molar-refractivity contribution >= 4 is 28.1 Å². The molecular weight excluding hydrogens is 428 g/mol. The summed E-state index contributed by atoms with van der Waals surface area (Å²) in [5.41, 5.74) is 5.03.